The fraction of sp³-hybridized carbons (Fsp3) is 0.250. The van der Waals surface area contributed by atoms with Crippen LogP contribution in [0.5, 0.6) is 0 Å². The highest BCUT2D eigenvalue weighted by atomic mass is 16.3. The molecule has 0 spiro atoms. The number of nitrogens with zero attached hydrogens (tertiary/aromatic N) is 2. The fourth-order valence-corrected chi connectivity index (χ4v) is 4.26. The van der Waals surface area contributed by atoms with E-state index < -0.39 is 6.04 Å². The SMILES string of the molecule is NN=Cc1ccc(CNC(=O)c2ccc3c(c2)NC(CCO)C(=O)N(CCc2ccccc2)C3)cc1. The van der Waals surface area contributed by atoms with Gasteiger partial charge in [0, 0.05) is 37.5 Å². The van der Waals surface area contributed by atoms with E-state index in [0.717, 1.165) is 34.4 Å². The largest absolute Gasteiger partial charge is 0.396 e. The third-order valence-corrected chi connectivity index (χ3v) is 6.26. The summed E-state index contributed by atoms with van der Waals surface area (Å²) < 4.78 is 0. The summed E-state index contributed by atoms with van der Waals surface area (Å²) in [4.78, 5) is 27.9. The molecule has 8 nitrogen and oxygen atoms in total. The number of amides is 2. The summed E-state index contributed by atoms with van der Waals surface area (Å²) in [5.41, 5.74) is 5.17. The van der Waals surface area contributed by atoms with Crippen LogP contribution >= 0.6 is 0 Å². The summed E-state index contributed by atoms with van der Waals surface area (Å²) in [5.74, 6) is 4.92. The molecule has 36 heavy (non-hydrogen) atoms. The van der Waals surface area contributed by atoms with Gasteiger partial charge in [-0.05, 0) is 47.2 Å². The molecule has 0 saturated heterocycles. The summed E-state index contributed by atoms with van der Waals surface area (Å²) in [5, 5.41) is 19.3. The first-order valence-electron chi connectivity index (χ1n) is 12.0. The third kappa shape index (κ3) is 6.28. The lowest BCUT2D eigenvalue weighted by molar-refractivity contribution is -0.132. The maximum absolute atomic E-state index is 13.2. The Balaban J connectivity index is 1.46. The molecule has 1 atom stereocenters. The van der Waals surface area contributed by atoms with Crippen LogP contribution in [-0.4, -0.2) is 47.2 Å². The van der Waals surface area contributed by atoms with Gasteiger partial charge in [0.25, 0.3) is 5.91 Å². The molecule has 3 aromatic carbocycles. The molecule has 0 aliphatic carbocycles. The van der Waals surface area contributed by atoms with Crippen LogP contribution in [0, 0.1) is 0 Å². The van der Waals surface area contributed by atoms with Crippen molar-refractivity contribution in [3.63, 3.8) is 0 Å². The van der Waals surface area contributed by atoms with Crippen molar-refractivity contribution < 1.29 is 14.7 Å². The highest BCUT2D eigenvalue weighted by Crippen LogP contribution is 2.26. The van der Waals surface area contributed by atoms with Crippen molar-refractivity contribution in [1.29, 1.82) is 0 Å². The lowest BCUT2D eigenvalue weighted by atomic mass is 10.1. The van der Waals surface area contributed by atoms with Gasteiger partial charge in [-0.1, -0.05) is 60.7 Å². The third-order valence-electron chi connectivity index (χ3n) is 6.26. The molecular weight excluding hydrogens is 454 g/mol. The van der Waals surface area contributed by atoms with Gasteiger partial charge < -0.3 is 26.5 Å². The van der Waals surface area contributed by atoms with Crippen molar-refractivity contribution in [3.05, 3.63) is 101 Å². The van der Waals surface area contributed by atoms with Crippen LogP contribution in [0.2, 0.25) is 0 Å². The van der Waals surface area contributed by atoms with Gasteiger partial charge in [-0.3, -0.25) is 9.59 Å². The fourth-order valence-electron chi connectivity index (χ4n) is 4.26. The van der Waals surface area contributed by atoms with Crippen molar-refractivity contribution in [2.75, 3.05) is 18.5 Å². The number of hydrazone groups is 1. The number of benzene rings is 3. The molecule has 0 radical (unpaired) electrons. The predicted octanol–water partition coefficient (Wildman–Crippen LogP) is 2.66. The van der Waals surface area contributed by atoms with E-state index in [9.17, 15) is 14.7 Å². The first-order valence-corrected chi connectivity index (χ1v) is 12.0. The standard InChI is InChI=1S/C28H31N5O3/c29-31-18-22-8-6-21(7-9-22)17-30-27(35)23-10-11-24-19-33(14-12-20-4-2-1-3-5-20)28(36)25(13-15-34)32-26(24)16-23/h1-11,16,18,25,32,34H,12-15,17,19,29H2,(H,30,35). The van der Waals surface area contributed by atoms with Gasteiger partial charge in [-0.2, -0.15) is 5.10 Å². The van der Waals surface area contributed by atoms with Gasteiger partial charge in [0.15, 0.2) is 0 Å². The molecule has 1 aliphatic heterocycles. The number of carbonyl (C=O) groups excluding carboxylic acids is 2. The zero-order valence-electron chi connectivity index (χ0n) is 20.1. The van der Waals surface area contributed by atoms with E-state index in [1.54, 1.807) is 18.3 Å². The molecule has 4 rings (SSSR count). The number of fused-ring (bicyclic) bond motifs is 1. The van der Waals surface area contributed by atoms with E-state index in [2.05, 4.69) is 15.7 Å². The van der Waals surface area contributed by atoms with Gasteiger partial charge in [0.05, 0.1) is 6.21 Å². The van der Waals surface area contributed by atoms with Gasteiger partial charge in [0.2, 0.25) is 5.91 Å². The van der Waals surface area contributed by atoms with Crippen molar-refractivity contribution in [3.8, 4) is 0 Å². The number of nitrogens with two attached hydrogens (primary N) is 1. The number of nitrogens with one attached hydrogen (secondary N) is 2. The average Bonchev–Trinajstić information content (AvgIpc) is 3.03. The van der Waals surface area contributed by atoms with E-state index >= 15 is 0 Å². The molecule has 1 aliphatic rings. The van der Waals surface area contributed by atoms with E-state index in [-0.39, 0.29) is 18.4 Å². The van der Waals surface area contributed by atoms with Crippen LogP contribution < -0.4 is 16.5 Å². The molecule has 0 saturated carbocycles. The van der Waals surface area contributed by atoms with E-state index in [1.807, 2.05) is 65.6 Å². The van der Waals surface area contributed by atoms with Gasteiger partial charge in [-0.25, -0.2) is 0 Å². The first kappa shape index (κ1) is 24.9. The normalized spacial score (nSPS) is 15.3. The van der Waals surface area contributed by atoms with E-state index in [4.69, 9.17) is 5.84 Å². The molecule has 0 bridgehead atoms. The van der Waals surface area contributed by atoms with Crippen LogP contribution in [0.4, 0.5) is 5.69 Å². The van der Waals surface area contributed by atoms with Crippen LogP contribution in [0.1, 0.15) is 39.0 Å². The Morgan fingerprint density at radius 2 is 1.89 bits per heavy atom. The van der Waals surface area contributed by atoms with Crippen molar-refractivity contribution >= 4 is 23.7 Å². The Labute approximate surface area is 210 Å². The molecule has 3 aromatic rings. The van der Waals surface area contributed by atoms with Crippen LogP contribution in [0.3, 0.4) is 0 Å². The number of rotatable bonds is 9. The zero-order valence-corrected chi connectivity index (χ0v) is 20.1. The highest BCUT2D eigenvalue weighted by molar-refractivity contribution is 5.96. The number of hydrogen-bond acceptors (Lipinski definition) is 6. The Hall–Kier alpha value is -4.17. The predicted molar refractivity (Wildman–Crippen MR) is 141 cm³/mol. The van der Waals surface area contributed by atoms with E-state index in [0.29, 0.717) is 31.6 Å². The second kappa shape index (κ2) is 12.0. The molecule has 1 unspecified atom stereocenters. The molecular formula is C28H31N5O3. The Bertz CT molecular complexity index is 1210. The topological polar surface area (TPSA) is 120 Å². The monoisotopic (exact) mass is 485 g/mol. The molecule has 2 amide bonds. The molecule has 1 heterocycles. The maximum atomic E-state index is 13.2. The van der Waals surface area contributed by atoms with Gasteiger partial charge in [0.1, 0.15) is 6.04 Å². The van der Waals surface area contributed by atoms with Crippen LogP contribution in [-0.2, 0) is 24.3 Å². The summed E-state index contributed by atoms with van der Waals surface area (Å²) in [6.07, 6.45) is 2.60. The Morgan fingerprint density at radius 1 is 1.11 bits per heavy atom. The highest BCUT2D eigenvalue weighted by Gasteiger charge is 2.29. The van der Waals surface area contributed by atoms with Crippen LogP contribution in [0.25, 0.3) is 0 Å². The summed E-state index contributed by atoms with van der Waals surface area (Å²) in [7, 11) is 0. The molecule has 5 N–H and O–H groups in total. The number of aliphatic hydroxyl groups is 1. The molecule has 0 aromatic heterocycles. The van der Waals surface area contributed by atoms with Crippen molar-refractivity contribution in [2.45, 2.75) is 32.0 Å². The minimum Gasteiger partial charge on any atom is -0.396 e. The van der Waals surface area contributed by atoms with Crippen molar-refractivity contribution in [1.82, 2.24) is 10.2 Å². The summed E-state index contributed by atoms with van der Waals surface area (Å²) in [6, 6.07) is 22.5. The minimum absolute atomic E-state index is 0.0506. The molecule has 8 heteroatoms. The van der Waals surface area contributed by atoms with Crippen molar-refractivity contribution in [2.24, 2.45) is 10.9 Å². The smallest absolute Gasteiger partial charge is 0.251 e. The molecule has 0 fully saturated rings. The minimum atomic E-state index is -0.555. The lowest BCUT2D eigenvalue weighted by Gasteiger charge is -2.24. The van der Waals surface area contributed by atoms with Gasteiger partial charge in [-0.15, -0.1) is 0 Å². The number of aliphatic hydroxyl groups excluding tert-OH is 1. The number of hydrogen-bond donors (Lipinski definition) is 4. The zero-order chi connectivity index (χ0) is 25.3. The average molecular weight is 486 g/mol. The number of carbonyl (C=O) groups is 2. The number of anilines is 1. The van der Waals surface area contributed by atoms with Gasteiger partial charge >= 0.3 is 0 Å². The lowest BCUT2D eigenvalue weighted by Crippen LogP contribution is -2.41. The summed E-state index contributed by atoms with van der Waals surface area (Å²) in [6.45, 7) is 1.28. The Kier molecular flexibility index (Phi) is 8.31. The molecule has 186 valence electrons. The Morgan fingerprint density at radius 3 is 2.61 bits per heavy atom. The first-order chi connectivity index (χ1) is 17.6. The summed E-state index contributed by atoms with van der Waals surface area (Å²) >= 11 is 0. The second-order valence-corrected chi connectivity index (χ2v) is 8.78. The second-order valence-electron chi connectivity index (χ2n) is 8.78. The quantitative estimate of drug-likeness (QED) is 0.211. The van der Waals surface area contributed by atoms with E-state index in [1.165, 1.54) is 0 Å². The van der Waals surface area contributed by atoms with Crippen LogP contribution in [0.15, 0.2) is 77.9 Å². The maximum Gasteiger partial charge on any atom is 0.251 e.